The minimum absolute atomic E-state index is 0.0945. The molecule has 2 aliphatic rings. The maximum Gasteiger partial charge on any atom is 0.225 e. The van der Waals surface area contributed by atoms with Gasteiger partial charge in [-0.05, 0) is 42.0 Å². The van der Waals surface area contributed by atoms with Crippen LogP contribution in [0.1, 0.15) is 60.0 Å². The van der Waals surface area contributed by atoms with E-state index in [1.807, 2.05) is 41.3 Å². The molecule has 3 heterocycles. The summed E-state index contributed by atoms with van der Waals surface area (Å²) >= 11 is 0. The van der Waals surface area contributed by atoms with Gasteiger partial charge >= 0.3 is 0 Å². The number of pyridine rings is 1. The summed E-state index contributed by atoms with van der Waals surface area (Å²) in [6.07, 6.45) is 11.4. The van der Waals surface area contributed by atoms with Crippen molar-refractivity contribution in [2.24, 2.45) is 0 Å². The Balaban J connectivity index is 1.41. The summed E-state index contributed by atoms with van der Waals surface area (Å²) in [5.74, 6) is 0.0463. The van der Waals surface area contributed by atoms with Gasteiger partial charge in [0.2, 0.25) is 5.95 Å². The first kappa shape index (κ1) is 21.4. The summed E-state index contributed by atoms with van der Waals surface area (Å²) in [7, 11) is 0. The van der Waals surface area contributed by atoms with E-state index >= 15 is 0 Å². The van der Waals surface area contributed by atoms with E-state index in [9.17, 15) is 4.79 Å². The number of benzene rings is 1. The van der Waals surface area contributed by atoms with E-state index in [1.165, 1.54) is 12.8 Å². The van der Waals surface area contributed by atoms with Crippen molar-refractivity contribution in [1.29, 1.82) is 0 Å². The SMILES string of the molecule is [C-]#[N+]c1ccc2c(c1)C(c1nc(NCCc3cccnc3)nc3nn(C4CCCC4)cc13)C(=O)C2. The maximum atomic E-state index is 13.3. The zero-order valence-electron chi connectivity index (χ0n) is 19.3. The van der Waals surface area contributed by atoms with Gasteiger partial charge in [-0.2, -0.15) is 10.1 Å². The molecule has 174 valence electrons. The molecule has 1 N–H and O–H groups in total. The minimum Gasteiger partial charge on any atom is -0.354 e. The van der Waals surface area contributed by atoms with Gasteiger partial charge in [-0.25, -0.2) is 9.83 Å². The van der Waals surface area contributed by atoms with Crippen LogP contribution in [-0.4, -0.2) is 37.1 Å². The standard InChI is InChI=1S/C27H25N7O/c1-28-19-9-8-18-13-23(35)24(21(18)14-19)25-22-16-34(20-6-2-3-7-20)33-26(22)32-27(31-25)30-12-10-17-5-4-11-29-15-17/h4-5,8-9,11,14-16,20,24H,2-3,6-7,10,12-13H2,(H,30,32,33). The van der Waals surface area contributed by atoms with Crippen molar-refractivity contribution < 1.29 is 4.79 Å². The van der Waals surface area contributed by atoms with Crippen LogP contribution >= 0.6 is 0 Å². The summed E-state index contributed by atoms with van der Waals surface area (Å²) in [5.41, 5.74) is 4.78. The second-order valence-corrected chi connectivity index (χ2v) is 9.33. The molecule has 0 saturated heterocycles. The van der Waals surface area contributed by atoms with E-state index in [4.69, 9.17) is 21.6 Å². The molecule has 0 bridgehead atoms. The molecule has 1 atom stereocenters. The molecule has 1 saturated carbocycles. The van der Waals surface area contributed by atoms with Crippen LogP contribution in [0, 0.1) is 6.57 Å². The number of nitrogens with zero attached hydrogens (tertiary/aromatic N) is 6. The lowest BCUT2D eigenvalue weighted by atomic mass is 9.94. The lowest BCUT2D eigenvalue weighted by Crippen LogP contribution is -2.14. The molecule has 0 amide bonds. The summed E-state index contributed by atoms with van der Waals surface area (Å²) in [5, 5.41) is 8.97. The number of Topliss-reactive ketones (excluding diaryl/α,β-unsaturated/α-hetero) is 1. The van der Waals surface area contributed by atoms with Gasteiger partial charge in [-0.1, -0.05) is 37.1 Å². The minimum atomic E-state index is -0.516. The van der Waals surface area contributed by atoms with Gasteiger partial charge in [0.25, 0.3) is 0 Å². The third-order valence-electron chi connectivity index (χ3n) is 7.07. The number of carbonyl (C=O) groups excluding carboxylic acids is 1. The van der Waals surface area contributed by atoms with Gasteiger partial charge in [0, 0.05) is 31.6 Å². The number of aromatic nitrogens is 5. The third kappa shape index (κ3) is 4.03. The fourth-order valence-corrected chi connectivity index (χ4v) is 5.31. The second-order valence-electron chi connectivity index (χ2n) is 9.33. The number of anilines is 1. The van der Waals surface area contributed by atoms with Gasteiger partial charge in [-0.3, -0.25) is 14.5 Å². The summed E-state index contributed by atoms with van der Waals surface area (Å²) in [6.45, 7) is 8.06. The lowest BCUT2D eigenvalue weighted by molar-refractivity contribution is -0.118. The van der Waals surface area contributed by atoms with E-state index in [2.05, 4.69) is 15.1 Å². The van der Waals surface area contributed by atoms with Gasteiger partial charge in [0.1, 0.15) is 0 Å². The quantitative estimate of drug-likeness (QED) is 0.413. The largest absolute Gasteiger partial charge is 0.354 e. The molecular formula is C27H25N7O. The number of rotatable bonds is 6. The molecule has 8 nitrogen and oxygen atoms in total. The van der Waals surface area contributed by atoms with Crippen LogP contribution in [0.3, 0.4) is 0 Å². The monoisotopic (exact) mass is 463 g/mol. The number of hydrogen-bond donors (Lipinski definition) is 1. The van der Waals surface area contributed by atoms with Crippen LogP contribution in [0.25, 0.3) is 15.9 Å². The van der Waals surface area contributed by atoms with Crippen LogP contribution in [0.4, 0.5) is 11.6 Å². The molecular weight excluding hydrogens is 438 g/mol. The number of fused-ring (bicyclic) bond motifs is 2. The summed E-state index contributed by atoms with van der Waals surface area (Å²) in [4.78, 5) is 30.6. The Kier molecular flexibility index (Phi) is 5.45. The van der Waals surface area contributed by atoms with Crippen LogP contribution < -0.4 is 5.32 Å². The van der Waals surface area contributed by atoms with Crippen molar-refractivity contribution in [2.75, 3.05) is 11.9 Å². The van der Waals surface area contributed by atoms with Crippen molar-refractivity contribution in [2.45, 2.75) is 50.5 Å². The normalized spacial score (nSPS) is 17.6. The average molecular weight is 464 g/mol. The highest BCUT2D eigenvalue weighted by Gasteiger charge is 2.35. The van der Waals surface area contributed by atoms with Crippen LogP contribution in [0.15, 0.2) is 48.9 Å². The van der Waals surface area contributed by atoms with E-state index in [-0.39, 0.29) is 5.78 Å². The van der Waals surface area contributed by atoms with Gasteiger partial charge < -0.3 is 5.32 Å². The summed E-state index contributed by atoms with van der Waals surface area (Å²) < 4.78 is 2.02. The molecule has 1 unspecified atom stereocenters. The molecule has 1 fully saturated rings. The molecule has 1 aromatic carbocycles. The zero-order valence-corrected chi connectivity index (χ0v) is 19.3. The molecule has 0 radical (unpaired) electrons. The Morgan fingerprint density at radius 2 is 2.06 bits per heavy atom. The molecule has 3 aromatic heterocycles. The Morgan fingerprint density at radius 3 is 2.86 bits per heavy atom. The van der Waals surface area contributed by atoms with Gasteiger partial charge in [-0.15, -0.1) is 0 Å². The van der Waals surface area contributed by atoms with Crippen LogP contribution in [0.5, 0.6) is 0 Å². The van der Waals surface area contributed by atoms with Crippen molar-refractivity contribution in [3.63, 3.8) is 0 Å². The van der Waals surface area contributed by atoms with E-state index < -0.39 is 5.92 Å². The first-order chi connectivity index (χ1) is 17.2. The van der Waals surface area contributed by atoms with Crippen molar-refractivity contribution >= 4 is 28.5 Å². The number of ketones is 1. The number of nitrogens with one attached hydrogen (secondary N) is 1. The summed E-state index contributed by atoms with van der Waals surface area (Å²) in [6, 6.07) is 9.83. The second kappa shape index (κ2) is 8.91. The number of carbonyl (C=O) groups is 1. The van der Waals surface area contributed by atoms with E-state index in [0.717, 1.165) is 41.3 Å². The van der Waals surface area contributed by atoms with Crippen LogP contribution in [-0.2, 0) is 17.6 Å². The molecule has 8 heteroatoms. The van der Waals surface area contributed by atoms with Crippen molar-refractivity contribution in [3.8, 4) is 0 Å². The fourth-order valence-electron chi connectivity index (χ4n) is 5.31. The molecule has 6 rings (SSSR count). The van der Waals surface area contributed by atoms with Crippen molar-refractivity contribution in [3.05, 3.63) is 82.7 Å². The smallest absolute Gasteiger partial charge is 0.225 e. The lowest BCUT2D eigenvalue weighted by Gasteiger charge is -2.13. The van der Waals surface area contributed by atoms with E-state index in [0.29, 0.717) is 42.0 Å². The zero-order chi connectivity index (χ0) is 23.8. The Hall–Kier alpha value is -4.12. The van der Waals surface area contributed by atoms with Crippen molar-refractivity contribution in [1.82, 2.24) is 24.7 Å². The molecule has 4 aromatic rings. The fraction of sp³-hybridized carbons (Fsp3) is 0.333. The number of hydrogen-bond acceptors (Lipinski definition) is 6. The van der Waals surface area contributed by atoms with E-state index in [1.54, 1.807) is 12.3 Å². The van der Waals surface area contributed by atoms with Gasteiger partial charge in [0.15, 0.2) is 17.1 Å². The Labute approximate surface area is 203 Å². The molecule has 2 aliphatic carbocycles. The molecule has 0 spiro atoms. The first-order valence-corrected chi connectivity index (χ1v) is 12.1. The molecule has 0 aliphatic heterocycles. The first-order valence-electron chi connectivity index (χ1n) is 12.1. The predicted octanol–water partition coefficient (Wildman–Crippen LogP) is 4.80. The third-order valence-corrected chi connectivity index (χ3v) is 7.07. The highest BCUT2D eigenvalue weighted by molar-refractivity contribution is 5.98. The Bertz CT molecular complexity index is 1450. The van der Waals surface area contributed by atoms with Crippen LogP contribution in [0.2, 0.25) is 0 Å². The van der Waals surface area contributed by atoms with Gasteiger partial charge in [0.05, 0.1) is 29.6 Å². The highest BCUT2D eigenvalue weighted by Crippen LogP contribution is 2.40. The molecule has 35 heavy (non-hydrogen) atoms. The Morgan fingerprint density at radius 1 is 1.17 bits per heavy atom. The maximum absolute atomic E-state index is 13.3. The predicted molar refractivity (Wildman–Crippen MR) is 133 cm³/mol. The highest BCUT2D eigenvalue weighted by atomic mass is 16.1. The topological polar surface area (TPSA) is 89.9 Å². The average Bonchev–Trinajstić information content (AvgIpc) is 3.62.